The van der Waals surface area contributed by atoms with Crippen LogP contribution in [0.4, 0.5) is 0 Å². The Morgan fingerprint density at radius 3 is 2.45 bits per heavy atom. The third-order valence-electron chi connectivity index (χ3n) is 3.78. The van der Waals surface area contributed by atoms with Crippen LogP contribution in [0.1, 0.15) is 27.2 Å². The molecule has 0 aromatic carbocycles. The zero-order valence-electron chi connectivity index (χ0n) is 12.2. The van der Waals surface area contributed by atoms with E-state index in [-0.39, 0.29) is 30.8 Å². The van der Waals surface area contributed by atoms with Crippen LogP contribution in [-0.2, 0) is 14.4 Å². The van der Waals surface area contributed by atoms with Crippen molar-refractivity contribution in [3.05, 3.63) is 0 Å². The summed E-state index contributed by atoms with van der Waals surface area (Å²) in [6.07, 6.45) is 0.424. The molecular weight excluding hydrogens is 262 g/mol. The number of rotatable bonds is 5. The molecule has 4 N–H and O–H groups in total. The van der Waals surface area contributed by atoms with Crippen molar-refractivity contribution in [3.8, 4) is 0 Å². The van der Waals surface area contributed by atoms with Crippen molar-refractivity contribution < 1.29 is 19.5 Å². The summed E-state index contributed by atoms with van der Waals surface area (Å²) in [5, 5.41) is 11.6. The van der Waals surface area contributed by atoms with Crippen molar-refractivity contribution in [2.45, 2.75) is 33.2 Å². The van der Waals surface area contributed by atoms with Crippen molar-refractivity contribution in [2.75, 3.05) is 19.6 Å². The molecular formula is C13H23N3O4. The van der Waals surface area contributed by atoms with Gasteiger partial charge in [0.15, 0.2) is 0 Å². The van der Waals surface area contributed by atoms with Crippen LogP contribution < -0.4 is 11.1 Å². The lowest BCUT2D eigenvalue weighted by molar-refractivity contribution is -0.147. The number of likely N-dealkylation sites (tertiary alicyclic amines) is 1. The number of carboxylic acid groups (broad SMARTS) is 1. The number of carbonyl (C=O) groups is 3. The Bertz CT molecular complexity index is 410. The minimum Gasteiger partial charge on any atom is -0.481 e. The van der Waals surface area contributed by atoms with E-state index >= 15 is 0 Å². The number of carbonyl (C=O) groups excluding carboxylic acids is 2. The summed E-state index contributed by atoms with van der Waals surface area (Å²) in [6, 6.07) is -0.648. The largest absolute Gasteiger partial charge is 0.481 e. The van der Waals surface area contributed by atoms with E-state index in [2.05, 4.69) is 5.32 Å². The van der Waals surface area contributed by atoms with Crippen molar-refractivity contribution in [2.24, 2.45) is 17.1 Å². The molecule has 0 aromatic rings. The molecule has 0 saturated carbocycles. The molecule has 1 fully saturated rings. The minimum absolute atomic E-state index is 0.00723. The molecule has 2 atom stereocenters. The molecule has 1 aliphatic heterocycles. The first-order valence-corrected chi connectivity index (χ1v) is 6.72. The molecule has 0 bridgehead atoms. The summed E-state index contributed by atoms with van der Waals surface area (Å²) in [7, 11) is 0. The highest BCUT2D eigenvalue weighted by Gasteiger charge is 2.42. The number of nitrogens with zero attached hydrogens (tertiary/aromatic N) is 1. The smallest absolute Gasteiger partial charge is 0.311 e. The van der Waals surface area contributed by atoms with E-state index in [4.69, 9.17) is 10.8 Å². The van der Waals surface area contributed by atoms with Gasteiger partial charge in [-0.25, -0.2) is 0 Å². The Kier molecular flexibility index (Phi) is 5.10. The second kappa shape index (κ2) is 6.21. The highest BCUT2D eigenvalue weighted by atomic mass is 16.4. The monoisotopic (exact) mass is 285 g/mol. The van der Waals surface area contributed by atoms with Gasteiger partial charge in [-0.3, -0.25) is 14.4 Å². The van der Waals surface area contributed by atoms with Gasteiger partial charge in [0, 0.05) is 13.1 Å². The molecule has 1 rings (SSSR count). The Morgan fingerprint density at radius 2 is 2.00 bits per heavy atom. The van der Waals surface area contributed by atoms with Crippen LogP contribution in [-0.4, -0.2) is 53.5 Å². The summed E-state index contributed by atoms with van der Waals surface area (Å²) in [4.78, 5) is 36.1. The second-order valence-electron chi connectivity index (χ2n) is 5.92. The first-order valence-electron chi connectivity index (χ1n) is 6.72. The van der Waals surface area contributed by atoms with E-state index in [1.54, 1.807) is 6.92 Å². The molecule has 0 aromatic heterocycles. The van der Waals surface area contributed by atoms with Gasteiger partial charge in [0.25, 0.3) is 0 Å². The lowest BCUT2D eigenvalue weighted by atomic mass is 9.90. The maximum Gasteiger partial charge on any atom is 0.311 e. The number of nitrogens with two attached hydrogens (primary N) is 1. The predicted molar refractivity (Wildman–Crippen MR) is 72.8 cm³/mol. The zero-order chi connectivity index (χ0) is 15.5. The summed E-state index contributed by atoms with van der Waals surface area (Å²) in [5.74, 6) is -1.56. The van der Waals surface area contributed by atoms with Crippen molar-refractivity contribution in [1.29, 1.82) is 0 Å². The topological polar surface area (TPSA) is 113 Å². The number of amides is 2. The molecule has 0 radical (unpaired) electrons. The average Bonchev–Trinajstić information content (AvgIpc) is 2.78. The molecule has 0 spiro atoms. The molecule has 114 valence electrons. The molecule has 7 nitrogen and oxygen atoms in total. The minimum atomic E-state index is -0.904. The van der Waals surface area contributed by atoms with Gasteiger partial charge in [0.05, 0.1) is 18.0 Å². The fraction of sp³-hybridized carbons (Fsp3) is 0.769. The zero-order valence-corrected chi connectivity index (χ0v) is 12.2. The number of aliphatic carboxylic acids is 1. The van der Waals surface area contributed by atoms with Crippen molar-refractivity contribution >= 4 is 17.8 Å². The standard InChI is InChI=1S/C13H23N3O4/c1-8(2)10(14)11(18)15-6-9(17)16-5-4-13(3,7-16)12(19)20/h8,10H,4-7,14H2,1-3H3,(H,15,18)(H,19,20)/t10-,13?/m0/s1. The molecule has 7 heteroatoms. The maximum atomic E-state index is 11.9. The van der Waals surface area contributed by atoms with Crippen LogP contribution in [0, 0.1) is 11.3 Å². The molecule has 0 aliphatic carbocycles. The predicted octanol–water partition coefficient (Wildman–Crippen LogP) is -0.591. The molecule has 2 amide bonds. The molecule has 1 unspecified atom stereocenters. The summed E-state index contributed by atoms with van der Waals surface area (Å²) >= 11 is 0. The van der Waals surface area contributed by atoms with E-state index in [9.17, 15) is 14.4 Å². The fourth-order valence-electron chi connectivity index (χ4n) is 2.04. The van der Waals surface area contributed by atoms with Gasteiger partial charge in [-0.2, -0.15) is 0 Å². The first-order chi connectivity index (χ1) is 9.17. The van der Waals surface area contributed by atoms with Gasteiger partial charge < -0.3 is 21.1 Å². The van der Waals surface area contributed by atoms with Gasteiger partial charge in [-0.1, -0.05) is 13.8 Å². The van der Waals surface area contributed by atoms with Crippen molar-refractivity contribution in [1.82, 2.24) is 10.2 Å². The first kappa shape index (κ1) is 16.4. The van der Waals surface area contributed by atoms with Gasteiger partial charge in [-0.05, 0) is 19.3 Å². The molecule has 1 heterocycles. The van der Waals surface area contributed by atoms with Gasteiger partial charge in [0.1, 0.15) is 0 Å². The number of hydrogen-bond donors (Lipinski definition) is 3. The van der Waals surface area contributed by atoms with E-state index in [1.165, 1.54) is 4.90 Å². The lowest BCUT2D eigenvalue weighted by Crippen LogP contribution is -2.48. The van der Waals surface area contributed by atoms with Gasteiger partial charge >= 0.3 is 5.97 Å². The van der Waals surface area contributed by atoms with Crippen LogP contribution in [0.5, 0.6) is 0 Å². The van der Waals surface area contributed by atoms with Crippen LogP contribution in [0.2, 0.25) is 0 Å². The molecule has 1 saturated heterocycles. The second-order valence-corrected chi connectivity index (χ2v) is 5.92. The third kappa shape index (κ3) is 3.69. The van der Waals surface area contributed by atoms with E-state index < -0.39 is 17.4 Å². The number of nitrogens with one attached hydrogen (secondary N) is 1. The van der Waals surface area contributed by atoms with Crippen LogP contribution in [0.25, 0.3) is 0 Å². The van der Waals surface area contributed by atoms with E-state index in [1.807, 2.05) is 13.8 Å². The van der Waals surface area contributed by atoms with E-state index in [0.29, 0.717) is 13.0 Å². The average molecular weight is 285 g/mol. The van der Waals surface area contributed by atoms with Crippen LogP contribution >= 0.6 is 0 Å². The summed E-state index contributed by atoms with van der Waals surface area (Å²) in [6.45, 7) is 5.70. The van der Waals surface area contributed by atoms with Gasteiger partial charge in [-0.15, -0.1) is 0 Å². The Balaban J connectivity index is 2.46. The van der Waals surface area contributed by atoms with Crippen LogP contribution in [0.3, 0.4) is 0 Å². The molecule has 20 heavy (non-hydrogen) atoms. The van der Waals surface area contributed by atoms with Crippen molar-refractivity contribution in [3.63, 3.8) is 0 Å². The summed E-state index contributed by atoms with van der Waals surface area (Å²) in [5.41, 5.74) is 4.77. The highest BCUT2D eigenvalue weighted by molar-refractivity contribution is 5.88. The van der Waals surface area contributed by atoms with Crippen LogP contribution in [0.15, 0.2) is 0 Å². The number of carboxylic acids is 1. The Labute approximate surface area is 118 Å². The SMILES string of the molecule is CC(C)[C@H](N)C(=O)NCC(=O)N1CCC(C)(C(=O)O)C1. The third-order valence-corrected chi connectivity index (χ3v) is 3.78. The Morgan fingerprint density at radius 1 is 1.40 bits per heavy atom. The normalized spacial score (nSPS) is 23.8. The van der Waals surface area contributed by atoms with Gasteiger partial charge in [0.2, 0.25) is 11.8 Å². The maximum absolute atomic E-state index is 11.9. The fourth-order valence-corrected chi connectivity index (χ4v) is 2.04. The molecule has 1 aliphatic rings. The highest BCUT2D eigenvalue weighted by Crippen LogP contribution is 2.29. The number of hydrogen-bond acceptors (Lipinski definition) is 4. The Hall–Kier alpha value is -1.63. The summed E-state index contributed by atoms with van der Waals surface area (Å²) < 4.78 is 0. The quantitative estimate of drug-likeness (QED) is 0.625. The van der Waals surface area contributed by atoms with E-state index in [0.717, 1.165) is 0 Å². The lowest BCUT2D eigenvalue weighted by Gasteiger charge is -2.21.